The molecule has 1 amide bonds. The molecule has 0 saturated heterocycles. The summed E-state index contributed by atoms with van der Waals surface area (Å²) in [7, 11) is 0. The number of anilines is 1. The van der Waals surface area contributed by atoms with Gasteiger partial charge in [0.2, 0.25) is 0 Å². The van der Waals surface area contributed by atoms with Crippen molar-refractivity contribution in [3.63, 3.8) is 0 Å². The first-order valence-electron chi connectivity index (χ1n) is 5.55. The van der Waals surface area contributed by atoms with Crippen LogP contribution in [-0.4, -0.2) is 30.1 Å². The molecule has 2 N–H and O–H groups in total. The highest BCUT2D eigenvalue weighted by Crippen LogP contribution is 2.45. The molecule has 0 fully saturated rings. The zero-order valence-electron chi connectivity index (χ0n) is 10.4. The average Bonchev–Trinajstić information content (AvgIpc) is 2.69. The molecule has 0 bridgehead atoms. The van der Waals surface area contributed by atoms with Crippen molar-refractivity contribution >= 4 is 17.7 Å². The van der Waals surface area contributed by atoms with E-state index < -0.39 is 35.4 Å². The molecule has 0 atom stereocenters. The molecule has 0 saturated carbocycles. The molecule has 1 aliphatic heterocycles. The number of halogens is 2. The number of carboxylic acid groups (broad SMARTS) is 1. The lowest BCUT2D eigenvalue weighted by molar-refractivity contribution is -0.286. The maximum Gasteiger partial charge on any atom is 0.586 e. The van der Waals surface area contributed by atoms with Gasteiger partial charge in [-0.15, -0.1) is 8.78 Å². The predicted molar refractivity (Wildman–Crippen MR) is 64.8 cm³/mol. The minimum atomic E-state index is -3.96. The Morgan fingerprint density at radius 2 is 2.14 bits per heavy atom. The molecule has 0 aliphatic carbocycles. The lowest BCUT2D eigenvalue weighted by Crippen LogP contribution is -2.26. The third-order valence-corrected chi connectivity index (χ3v) is 2.35. The zero-order valence-corrected chi connectivity index (χ0v) is 10.4. The van der Waals surface area contributed by atoms with Crippen molar-refractivity contribution in [1.82, 2.24) is 0 Å². The summed E-state index contributed by atoms with van der Waals surface area (Å²) in [5.41, 5.74) is -0.933. The first-order chi connectivity index (χ1) is 9.84. The van der Waals surface area contributed by atoms with Crippen LogP contribution in [0.25, 0.3) is 0 Å². The highest BCUT2D eigenvalue weighted by molar-refractivity contribution is 6.02. The molecule has 0 aromatic heterocycles. The van der Waals surface area contributed by atoms with Gasteiger partial charge in [0.1, 0.15) is 12.2 Å². The molecule has 112 valence electrons. The number of fused-ring (bicyclic) bond motifs is 1. The standard InChI is InChI=1S/C12H9F2NO6/c1-2-5-19-11(18)15-6-3-4-7-9(8(6)10(16)17)21-12(13,14)20-7/h2-4H,1,5H2,(H,15,18)(H,16,17). The average molecular weight is 301 g/mol. The van der Waals surface area contributed by atoms with Gasteiger partial charge in [-0.25, -0.2) is 9.59 Å². The first kappa shape index (κ1) is 14.6. The van der Waals surface area contributed by atoms with E-state index in [1.54, 1.807) is 0 Å². The SMILES string of the molecule is C=CCOC(=O)Nc1ccc2c(c1C(=O)O)OC(F)(F)O2. The highest BCUT2D eigenvalue weighted by atomic mass is 19.3. The van der Waals surface area contributed by atoms with Gasteiger partial charge in [-0.05, 0) is 12.1 Å². The van der Waals surface area contributed by atoms with Gasteiger partial charge >= 0.3 is 18.4 Å². The van der Waals surface area contributed by atoms with Crippen LogP contribution in [-0.2, 0) is 4.74 Å². The van der Waals surface area contributed by atoms with Crippen LogP contribution in [0, 0.1) is 0 Å². The Balaban J connectivity index is 2.34. The predicted octanol–water partition coefficient (Wildman–Crippen LogP) is 2.44. The van der Waals surface area contributed by atoms with E-state index in [0.717, 1.165) is 12.1 Å². The van der Waals surface area contributed by atoms with E-state index >= 15 is 0 Å². The Labute approximate surface area is 116 Å². The molecule has 7 nitrogen and oxygen atoms in total. The maximum absolute atomic E-state index is 13.0. The molecule has 0 radical (unpaired) electrons. The monoisotopic (exact) mass is 301 g/mol. The van der Waals surface area contributed by atoms with E-state index in [-0.39, 0.29) is 12.3 Å². The zero-order chi connectivity index (χ0) is 15.6. The van der Waals surface area contributed by atoms with E-state index in [1.165, 1.54) is 6.08 Å². The summed E-state index contributed by atoms with van der Waals surface area (Å²) in [5.74, 6) is -2.69. The van der Waals surface area contributed by atoms with Crippen molar-refractivity contribution in [2.24, 2.45) is 0 Å². The van der Waals surface area contributed by atoms with Gasteiger partial charge in [-0.2, -0.15) is 0 Å². The Kier molecular flexibility index (Phi) is 3.66. The summed E-state index contributed by atoms with van der Waals surface area (Å²) in [6.07, 6.45) is -3.63. The number of rotatable bonds is 4. The van der Waals surface area contributed by atoms with Crippen LogP contribution in [0.3, 0.4) is 0 Å². The minimum absolute atomic E-state index is 0.100. The van der Waals surface area contributed by atoms with E-state index in [2.05, 4.69) is 26.1 Å². The number of nitrogens with one attached hydrogen (secondary N) is 1. The van der Waals surface area contributed by atoms with Gasteiger partial charge in [-0.1, -0.05) is 12.7 Å². The van der Waals surface area contributed by atoms with E-state index in [4.69, 9.17) is 5.11 Å². The summed E-state index contributed by atoms with van der Waals surface area (Å²) in [6, 6.07) is 2.13. The topological polar surface area (TPSA) is 94.1 Å². The molecule has 1 aliphatic rings. The second-order valence-electron chi connectivity index (χ2n) is 3.80. The quantitative estimate of drug-likeness (QED) is 0.830. The third-order valence-electron chi connectivity index (χ3n) is 2.35. The molecule has 1 heterocycles. The highest BCUT2D eigenvalue weighted by Gasteiger charge is 2.46. The Hall–Kier alpha value is -2.84. The molecular weight excluding hydrogens is 292 g/mol. The number of amides is 1. The van der Waals surface area contributed by atoms with Crippen molar-refractivity contribution in [3.8, 4) is 11.5 Å². The van der Waals surface area contributed by atoms with Gasteiger partial charge in [-0.3, -0.25) is 5.32 Å². The molecule has 9 heteroatoms. The molecule has 0 spiro atoms. The van der Waals surface area contributed by atoms with Crippen LogP contribution in [0.4, 0.5) is 19.3 Å². The fraction of sp³-hybridized carbons (Fsp3) is 0.167. The molecule has 21 heavy (non-hydrogen) atoms. The Morgan fingerprint density at radius 1 is 1.43 bits per heavy atom. The summed E-state index contributed by atoms with van der Waals surface area (Å²) in [5, 5.41) is 11.2. The number of hydrogen-bond acceptors (Lipinski definition) is 5. The normalized spacial score (nSPS) is 14.4. The van der Waals surface area contributed by atoms with Gasteiger partial charge in [0.25, 0.3) is 0 Å². The largest absolute Gasteiger partial charge is 0.586 e. The summed E-state index contributed by atoms with van der Waals surface area (Å²) in [6.45, 7) is 3.23. The van der Waals surface area contributed by atoms with Gasteiger partial charge in [0.05, 0.1) is 5.69 Å². The fourth-order valence-corrected chi connectivity index (χ4v) is 1.61. The van der Waals surface area contributed by atoms with Crippen molar-refractivity contribution in [1.29, 1.82) is 0 Å². The second-order valence-corrected chi connectivity index (χ2v) is 3.80. The number of aromatic carboxylic acids is 1. The van der Waals surface area contributed by atoms with Crippen LogP contribution >= 0.6 is 0 Å². The van der Waals surface area contributed by atoms with E-state index in [1.807, 2.05) is 0 Å². The van der Waals surface area contributed by atoms with Crippen LogP contribution in [0.15, 0.2) is 24.8 Å². The first-order valence-corrected chi connectivity index (χ1v) is 5.55. The van der Waals surface area contributed by atoms with Crippen molar-refractivity contribution in [3.05, 3.63) is 30.4 Å². The van der Waals surface area contributed by atoms with Crippen molar-refractivity contribution in [2.75, 3.05) is 11.9 Å². The summed E-state index contributed by atoms with van der Waals surface area (Å²) >= 11 is 0. The number of carbonyl (C=O) groups is 2. The molecule has 1 aromatic rings. The third kappa shape index (κ3) is 3.02. The minimum Gasteiger partial charge on any atom is -0.477 e. The molecular formula is C12H9F2NO6. The van der Waals surface area contributed by atoms with Crippen LogP contribution < -0.4 is 14.8 Å². The van der Waals surface area contributed by atoms with E-state index in [9.17, 15) is 18.4 Å². The number of benzene rings is 1. The summed E-state index contributed by atoms with van der Waals surface area (Å²) in [4.78, 5) is 22.6. The molecule has 1 aromatic carbocycles. The van der Waals surface area contributed by atoms with Crippen molar-refractivity contribution < 1.29 is 37.7 Å². The smallest absolute Gasteiger partial charge is 0.477 e. The number of hydrogen-bond donors (Lipinski definition) is 2. The number of alkyl halides is 2. The van der Waals surface area contributed by atoms with Gasteiger partial charge in [0.15, 0.2) is 11.5 Å². The lowest BCUT2D eigenvalue weighted by atomic mass is 10.1. The van der Waals surface area contributed by atoms with Crippen LogP contribution in [0.5, 0.6) is 11.5 Å². The van der Waals surface area contributed by atoms with Crippen molar-refractivity contribution in [2.45, 2.75) is 6.29 Å². The Bertz CT molecular complexity index is 616. The van der Waals surface area contributed by atoms with Crippen LogP contribution in [0.1, 0.15) is 10.4 Å². The van der Waals surface area contributed by atoms with Crippen LogP contribution in [0.2, 0.25) is 0 Å². The lowest BCUT2D eigenvalue weighted by Gasteiger charge is -2.10. The van der Waals surface area contributed by atoms with E-state index in [0.29, 0.717) is 0 Å². The number of ether oxygens (including phenoxy) is 3. The fourth-order valence-electron chi connectivity index (χ4n) is 1.61. The maximum atomic E-state index is 13.0. The second kappa shape index (κ2) is 5.27. The van der Waals surface area contributed by atoms with Gasteiger partial charge < -0.3 is 19.3 Å². The summed E-state index contributed by atoms with van der Waals surface area (Å²) < 4.78 is 38.8. The number of carboxylic acids is 1. The van der Waals surface area contributed by atoms with Gasteiger partial charge in [0, 0.05) is 0 Å². The Morgan fingerprint density at radius 3 is 2.76 bits per heavy atom. The molecule has 2 rings (SSSR count). The number of carbonyl (C=O) groups excluding carboxylic acids is 1. The molecule has 0 unspecified atom stereocenters.